The Morgan fingerprint density at radius 1 is 1.37 bits per heavy atom. The third-order valence-corrected chi connectivity index (χ3v) is 2.56. The van der Waals surface area contributed by atoms with Crippen LogP contribution in [0.2, 0.25) is 0 Å². The molecule has 0 spiro atoms. The molecular formula is C15H20O4. The van der Waals surface area contributed by atoms with E-state index in [1.807, 2.05) is 0 Å². The van der Waals surface area contributed by atoms with Gasteiger partial charge in [-0.25, -0.2) is 4.79 Å². The third kappa shape index (κ3) is 5.46. The van der Waals surface area contributed by atoms with Gasteiger partial charge in [0.2, 0.25) is 0 Å². The van der Waals surface area contributed by atoms with Gasteiger partial charge in [0.25, 0.3) is 0 Å². The van der Waals surface area contributed by atoms with Crippen molar-refractivity contribution in [1.29, 1.82) is 0 Å². The highest BCUT2D eigenvalue weighted by Crippen LogP contribution is 2.28. The number of hydrogen-bond donors (Lipinski definition) is 1. The fourth-order valence-electron chi connectivity index (χ4n) is 1.48. The maximum atomic E-state index is 10.5. The molecule has 0 aliphatic carbocycles. The molecule has 0 fully saturated rings. The smallest absolute Gasteiger partial charge is 0.328 e. The van der Waals surface area contributed by atoms with E-state index < -0.39 is 5.97 Å². The first-order chi connectivity index (χ1) is 9.02. The molecule has 0 unspecified atom stereocenters. The lowest BCUT2D eigenvalue weighted by molar-refractivity contribution is -0.131. The molecule has 1 N–H and O–H groups in total. The van der Waals surface area contributed by atoms with E-state index in [1.54, 1.807) is 25.3 Å². The van der Waals surface area contributed by atoms with Gasteiger partial charge in [-0.1, -0.05) is 19.9 Å². The van der Waals surface area contributed by atoms with Gasteiger partial charge in [-0.15, -0.1) is 0 Å². The highest BCUT2D eigenvalue weighted by Gasteiger charge is 2.05. The predicted octanol–water partition coefficient (Wildman–Crippen LogP) is 3.22. The van der Waals surface area contributed by atoms with Gasteiger partial charge < -0.3 is 14.6 Å². The van der Waals surface area contributed by atoms with Crippen molar-refractivity contribution in [3.63, 3.8) is 0 Å². The second-order valence-electron chi connectivity index (χ2n) is 4.61. The van der Waals surface area contributed by atoms with E-state index in [1.165, 1.54) is 6.08 Å². The molecule has 0 atom stereocenters. The van der Waals surface area contributed by atoms with Gasteiger partial charge in [0.05, 0.1) is 13.7 Å². The first-order valence-corrected chi connectivity index (χ1v) is 6.24. The Labute approximate surface area is 113 Å². The van der Waals surface area contributed by atoms with Crippen molar-refractivity contribution in [3.05, 3.63) is 29.8 Å². The maximum Gasteiger partial charge on any atom is 0.328 e. The molecule has 104 valence electrons. The molecule has 0 aliphatic heterocycles. The van der Waals surface area contributed by atoms with Crippen molar-refractivity contribution in [2.75, 3.05) is 13.7 Å². The lowest BCUT2D eigenvalue weighted by Crippen LogP contribution is -2.02. The number of hydrogen-bond acceptors (Lipinski definition) is 3. The molecule has 0 aromatic heterocycles. The molecule has 0 aliphatic rings. The number of carboxylic acid groups (broad SMARTS) is 1. The van der Waals surface area contributed by atoms with Crippen LogP contribution < -0.4 is 9.47 Å². The lowest BCUT2D eigenvalue weighted by atomic mass is 10.1. The van der Waals surface area contributed by atoms with Crippen LogP contribution in [-0.4, -0.2) is 24.8 Å². The van der Waals surface area contributed by atoms with Crippen molar-refractivity contribution in [2.45, 2.75) is 20.3 Å². The Kier molecular flexibility index (Phi) is 5.93. The number of ether oxygens (including phenoxy) is 2. The van der Waals surface area contributed by atoms with Crippen LogP contribution in [0.4, 0.5) is 0 Å². The minimum atomic E-state index is -0.974. The van der Waals surface area contributed by atoms with Gasteiger partial charge in [-0.3, -0.25) is 0 Å². The van der Waals surface area contributed by atoms with Crippen LogP contribution in [0.1, 0.15) is 25.8 Å². The fraction of sp³-hybridized carbons (Fsp3) is 0.400. The van der Waals surface area contributed by atoms with E-state index in [4.69, 9.17) is 14.6 Å². The van der Waals surface area contributed by atoms with Crippen LogP contribution in [0.25, 0.3) is 6.08 Å². The van der Waals surface area contributed by atoms with Crippen LogP contribution in [-0.2, 0) is 4.79 Å². The number of aliphatic carboxylic acids is 1. The molecule has 4 nitrogen and oxygen atoms in total. The molecule has 0 bridgehead atoms. The molecule has 0 saturated heterocycles. The van der Waals surface area contributed by atoms with Crippen LogP contribution in [0, 0.1) is 5.92 Å². The summed E-state index contributed by atoms with van der Waals surface area (Å²) < 4.78 is 10.9. The van der Waals surface area contributed by atoms with Crippen molar-refractivity contribution >= 4 is 12.0 Å². The number of carboxylic acids is 1. The van der Waals surface area contributed by atoms with Crippen molar-refractivity contribution < 1.29 is 19.4 Å². The van der Waals surface area contributed by atoms with Crippen molar-refractivity contribution in [1.82, 2.24) is 0 Å². The van der Waals surface area contributed by atoms with E-state index in [-0.39, 0.29) is 0 Å². The fourth-order valence-corrected chi connectivity index (χ4v) is 1.48. The van der Waals surface area contributed by atoms with E-state index in [0.29, 0.717) is 24.0 Å². The molecule has 1 rings (SSSR count). The van der Waals surface area contributed by atoms with E-state index in [2.05, 4.69) is 13.8 Å². The largest absolute Gasteiger partial charge is 0.493 e. The molecule has 0 radical (unpaired) electrons. The summed E-state index contributed by atoms with van der Waals surface area (Å²) >= 11 is 0. The Morgan fingerprint density at radius 3 is 2.68 bits per heavy atom. The maximum absolute atomic E-state index is 10.5. The van der Waals surface area contributed by atoms with Crippen LogP contribution >= 0.6 is 0 Å². The van der Waals surface area contributed by atoms with Gasteiger partial charge in [-0.2, -0.15) is 0 Å². The molecular weight excluding hydrogens is 244 g/mol. The monoisotopic (exact) mass is 264 g/mol. The summed E-state index contributed by atoms with van der Waals surface area (Å²) in [5.74, 6) is 0.881. The summed E-state index contributed by atoms with van der Waals surface area (Å²) in [5, 5.41) is 8.60. The topological polar surface area (TPSA) is 55.8 Å². The minimum Gasteiger partial charge on any atom is -0.493 e. The zero-order chi connectivity index (χ0) is 14.3. The number of benzene rings is 1. The summed E-state index contributed by atoms with van der Waals surface area (Å²) in [4.78, 5) is 10.5. The zero-order valence-corrected chi connectivity index (χ0v) is 11.6. The van der Waals surface area contributed by atoms with Gasteiger partial charge in [0.1, 0.15) is 0 Å². The second kappa shape index (κ2) is 7.46. The predicted molar refractivity (Wildman–Crippen MR) is 74.6 cm³/mol. The summed E-state index contributed by atoms with van der Waals surface area (Å²) in [6.45, 7) is 4.87. The Bertz CT molecular complexity index is 449. The average molecular weight is 264 g/mol. The number of rotatable bonds is 7. The second-order valence-corrected chi connectivity index (χ2v) is 4.61. The highest BCUT2D eigenvalue weighted by molar-refractivity contribution is 5.85. The van der Waals surface area contributed by atoms with Crippen molar-refractivity contribution in [3.8, 4) is 11.5 Å². The Morgan fingerprint density at radius 2 is 2.11 bits per heavy atom. The van der Waals surface area contributed by atoms with E-state index in [9.17, 15) is 4.79 Å². The SMILES string of the molecule is COc1ccc(/C=C/C(=O)O)cc1OCCC(C)C. The van der Waals surface area contributed by atoms with Gasteiger partial charge in [-0.05, 0) is 36.1 Å². The molecule has 4 heteroatoms. The number of methoxy groups -OCH3 is 1. The first-order valence-electron chi connectivity index (χ1n) is 6.24. The molecule has 0 saturated carbocycles. The highest BCUT2D eigenvalue weighted by atomic mass is 16.5. The lowest BCUT2D eigenvalue weighted by Gasteiger charge is -2.12. The van der Waals surface area contributed by atoms with Gasteiger partial charge >= 0.3 is 5.97 Å². The molecule has 19 heavy (non-hydrogen) atoms. The Hall–Kier alpha value is -1.97. The summed E-state index contributed by atoms with van der Waals surface area (Å²) in [7, 11) is 1.58. The molecule has 1 aromatic rings. The zero-order valence-electron chi connectivity index (χ0n) is 11.6. The third-order valence-electron chi connectivity index (χ3n) is 2.56. The van der Waals surface area contributed by atoms with Crippen molar-refractivity contribution in [2.24, 2.45) is 5.92 Å². The van der Waals surface area contributed by atoms with E-state index in [0.717, 1.165) is 18.1 Å². The first kappa shape index (κ1) is 15.1. The standard InChI is InChI=1S/C15H20O4/c1-11(2)8-9-19-14-10-12(5-7-15(16)17)4-6-13(14)18-3/h4-7,10-11H,8-9H2,1-3H3,(H,16,17)/b7-5+. The minimum absolute atomic E-state index is 0.570. The van der Waals surface area contributed by atoms with E-state index >= 15 is 0 Å². The van der Waals surface area contributed by atoms with Crippen LogP contribution in [0.3, 0.4) is 0 Å². The summed E-state index contributed by atoms with van der Waals surface area (Å²) in [5.41, 5.74) is 0.766. The summed E-state index contributed by atoms with van der Waals surface area (Å²) in [6.07, 6.45) is 3.58. The molecule has 0 heterocycles. The molecule has 0 amide bonds. The van der Waals surface area contributed by atoms with Crippen LogP contribution in [0.15, 0.2) is 24.3 Å². The van der Waals surface area contributed by atoms with Gasteiger partial charge in [0.15, 0.2) is 11.5 Å². The van der Waals surface area contributed by atoms with Gasteiger partial charge in [0, 0.05) is 6.08 Å². The van der Waals surface area contributed by atoms with Crippen LogP contribution in [0.5, 0.6) is 11.5 Å². The normalized spacial score (nSPS) is 10.9. The molecule has 1 aromatic carbocycles. The Balaban J connectivity index is 2.80. The quantitative estimate of drug-likeness (QED) is 0.768. The average Bonchev–Trinajstić information content (AvgIpc) is 2.36. The number of carbonyl (C=O) groups is 1. The summed E-state index contributed by atoms with van der Waals surface area (Å²) in [6, 6.07) is 5.33.